The third-order valence-electron chi connectivity index (χ3n) is 4.10. The maximum absolute atomic E-state index is 2.42. The van der Waals surface area contributed by atoms with Crippen LogP contribution >= 0.6 is 0 Å². The lowest BCUT2D eigenvalue weighted by molar-refractivity contribution is 0.453. The molecule has 0 heterocycles. The van der Waals surface area contributed by atoms with E-state index in [-0.39, 0.29) is 0 Å². The average Bonchev–Trinajstić information content (AvgIpc) is 2.47. The van der Waals surface area contributed by atoms with Gasteiger partial charge >= 0.3 is 0 Å². The van der Waals surface area contributed by atoms with Crippen molar-refractivity contribution in [1.29, 1.82) is 0 Å². The van der Waals surface area contributed by atoms with Crippen LogP contribution in [-0.2, 0) is 11.8 Å². The first-order chi connectivity index (χ1) is 6.57. The van der Waals surface area contributed by atoms with Gasteiger partial charge in [0.25, 0.3) is 0 Å². The molecular weight excluding hydrogens is 168 g/mol. The summed E-state index contributed by atoms with van der Waals surface area (Å²) in [4.78, 5) is 0. The third-order valence-corrected chi connectivity index (χ3v) is 4.10. The molecule has 0 bridgehead atoms. The highest BCUT2D eigenvalue weighted by atomic mass is 14.4. The van der Waals surface area contributed by atoms with Crippen molar-refractivity contribution in [2.45, 2.75) is 52.4 Å². The van der Waals surface area contributed by atoms with Crippen LogP contribution in [-0.4, -0.2) is 0 Å². The summed E-state index contributed by atoms with van der Waals surface area (Å²) in [5.41, 5.74) is 6.56. The Morgan fingerprint density at radius 1 is 1.21 bits per heavy atom. The summed E-state index contributed by atoms with van der Waals surface area (Å²) in [6.45, 7) is 9.17. The Balaban J connectivity index is 2.56. The average molecular weight is 188 g/mol. The fourth-order valence-electron chi connectivity index (χ4n) is 2.56. The fraction of sp³-hybridized carbons (Fsp3) is 0.571. The molecule has 0 aliphatic heterocycles. The van der Waals surface area contributed by atoms with Crippen molar-refractivity contribution in [3.63, 3.8) is 0 Å². The molecule has 1 unspecified atom stereocenters. The van der Waals surface area contributed by atoms with Gasteiger partial charge < -0.3 is 0 Å². The lowest BCUT2D eigenvalue weighted by atomic mass is 9.81. The van der Waals surface area contributed by atoms with Crippen LogP contribution in [0.2, 0.25) is 0 Å². The first-order valence-electron chi connectivity index (χ1n) is 5.67. The van der Waals surface area contributed by atoms with Crippen molar-refractivity contribution in [1.82, 2.24) is 0 Å². The van der Waals surface area contributed by atoms with E-state index in [2.05, 4.69) is 39.8 Å². The molecule has 0 radical (unpaired) electrons. The largest absolute Gasteiger partial charge is 0.0645 e. The number of rotatable bonds is 1. The molecule has 1 aliphatic carbocycles. The van der Waals surface area contributed by atoms with Crippen LogP contribution in [0.4, 0.5) is 0 Å². The number of hydrogen-bond donors (Lipinski definition) is 0. The minimum atomic E-state index is 0.452. The van der Waals surface area contributed by atoms with Gasteiger partial charge in [0.15, 0.2) is 0 Å². The minimum Gasteiger partial charge on any atom is -0.0645 e. The summed E-state index contributed by atoms with van der Waals surface area (Å²) >= 11 is 0. The topological polar surface area (TPSA) is 0 Å². The summed E-state index contributed by atoms with van der Waals surface area (Å²) in [5.74, 6) is 0. The van der Waals surface area contributed by atoms with Gasteiger partial charge in [-0.15, -0.1) is 0 Å². The summed E-state index contributed by atoms with van der Waals surface area (Å²) in [6, 6.07) is 4.81. The lowest BCUT2D eigenvalue weighted by Crippen LogP contribution is -2.16. The Hall–Kier alpha value is -0.780. The Morgan fingerprint density at radius 3 is 2.50 bits per heavy atom. The number of benzene rings is 1. The van der Waals surface area contributed by atoms with E-state index in [4.69, 9.17) is 0 Å². The quantitative estimate of drug-likeness (QED) is 0.626. The minimum absolute atomic E-state index is 0.452. The SMILES string of the molecule is CCC1(C)CCc2cc(C)c(C)cc21. The van der Waals surface area contributed by atoms with Crippen molar-refractivity contribution >= 4 is 0 Å². The molecule has 0 aromatic heterocycles. The van der Waals surface area contributed by atoms with Gasteiger partial charge in [0.2, 0.25) is 0 Å². The summed E-state index contributed by atoms with van der Waals surface area (Å²) in [6.07, 6.45) is 3.88. The van der Waals surface area contributed by atoms with E-state index >= 15 is 0 Å². The first kappa shape index (κ1) is 9.76. The van der Waals surface area contributed by atoms with Crippen molar-refractivity contribution in [2.75, 3.05) is 0 Å². The predicted molar refractivity (Wildman–Crippen MR) is 61.9 cm³/mol. The maximum Gasteiger partial charge on any atom is -0.00719 e. The van der Waals surface area contributed by atoms with Gasteiger partial charge in [0.05, 0.1) is 0 Å². The molecule has 0 fully saturated rings. The molecule has 0 amide bonds. The van der Waals surface area contributed by atoms with Crippen molar-refractivity contribution in [3.8, 4) is 0 Å². The number of aryl methyl sites for hydroxylation is 3. The smallest absolute Gasteiger partial charge is 0.00719 e. The van der Waals surface area contributed by atoms with Gasteiger partial charge in [-0.05, 0) is 60.8 Å². The molecule has 1 aromatic carbocycles. The highest BCUT2D eigenvalue weighted by Gasteiger charge is 2.32. The zero-order chi connectivity index (χ0) is 10.3. The highest BCUT2D eigenvalue weighted by molar-refractivity contribution is 5.44. The standard InChI is InChI=1S/C14H20/c1-5-14(4)7-6-12-8-10(2)11(3)9-13(12)14/h8-9H,5-7H2,1-4H3. The second kappa shape index (κ2) is 3.12. The van der Waals surface area contributed by atoms with Crippen molar-refractivity contribution in [2.24, 2.45) is 0 Å². The van der Waals surface area contributed by atoms with Gasteiger partial charge in [0, 0.05) is 0 Å². The van der Waals surface area contributed by atoms with Crippen LogP contribution in [0.1, 0.15) is 48.9 Å². The number of fused-ring (bicyclic) bond motifs is 1. The van der Waals surface area contributed by atoms with Crippen LogP contribution in [0.3, 0.4) is 0 Å². The molecule has 2 rings (SSSR count). The fourth-order valence-corrected chi connectivity index (χ4v) is 2.56. The van der Waals surface area contributed by atoms with E-state index in [1.165, 1.54) is 30.4 Å². The molecule has 0 saturated carbocycles. The van der Waals surface area contributed by atoms with Gasteiger partial charge in [-0.25, -0.2) is 0 Å². The summed E-state index contributed by atoms with van der Waals surface area (Å²) in [7, 11) is 0. The van der Waals surface area contributed by atoms with E-state index in [0.29, 0.717) is 5.41 Å². The van der Waals surface area contributed by atoms with Crippen LogP contribution in [0.5, 0.6) is 0 Å². The second-order valence-electron chi connectivity index (χ2n) is 5.01. The maximum atomic E-state index is 2.42. The van der Waals surface area contributed by atoms with Crippen molar-refractivity contribution < 1.29 is 0 Å². The molecule has 1 aromatic rings. The molecule has 1 atom stereocenters. The predicted octanol–water partition coefficient (Wildman–Crippen LogP) is 3.92. The van der Waals surface area contributed by atoms with Crippen molar-refractivity contribution in [3.05, 3.63) is 34.4 Å². The monoisotopic (exact) mass is 188 g/mol. The number of hydrogen-bond acceptors (Lipinski definition) is 0. The molecule has 0 heteroatoms. The molecule has 76 valence electrons. The van der Waals surface area contributed by atoms with Gasteiger partial charge in [-0.1, -0.05) is 26.0 Å². The first-order valence-corrected chi connectivity index (χ1v) is 5.67. The van der Waals surface area contributed by atoms with Gasteiger partial charge in [-0.3, -0.25) is 0 Å². The normalized spacial score (nSPS) is 25.1. The van der Waals surface area contributed by atoms with E-state index in [9.17, 15) is 0 Å². The Kier molecular flexibility index (Phi) is 2.17. The van der Waals surface area contributed by atoms with E-state index < -0.39 is 0 Å². The second-order valence-corrected chi connectivity index (χ2v) is 5.01. The van der Waals surface area contributed by atoms with E-state index in [0.717, 1.165) is 0 Å². The molecule has 0 saturated heterocycles. The Labute approximate surface area is 87.3 Å². The van der Waals surface area contributed by atoms with Crippen LogP contribution < -0.4 is 0 Å². The van der Waals surface area contributed by atoms with E-state index in [1.807, 2.05) is 0 Å². The van der Waals surface area contributed by atoms with Crippen LogP contribution in [0.25, 0.3) is 0 Å². The highest BCUT2D eigenvalue weighted by Crippen LogP contribution is 2.41. The summed E-state index contributed by atoms with van der Waals surface area (Å²) in [5, 5.41) is 0. The zero-order valence-electron chi connectivity index (χ0n) is 9.78. The molecule has 0 spiro atoms. The van der Waals surface area contributed by atoms with E-state index in [1.54, 1.807) is 11.1 Å². The zero-order valence-corrected chi connectivity index (χ0v) is 9.78. The molecule has 14 heavy (non-hydrogen) atoms. The Morgan fingerprint density at radius 2 is 1.86 bits per heavy atom. The van der Waals surface area contributed by atoms with Gasteiger partial charge in [0.1, 0.15) is 0 Å². The Bertz CT molecular complexity index is 363. The lowest BCUT2D eigenvalue weighted by Gasteiger charge is -2.24. The van der Waals surface area contributed by atoms with Crippen LogP contribution in [0.15, 0.2) is 12.1 Å². The molecule has 1 aliphatic rings. The van der Waals surface area contributed by atoms with Gasteiger partial charge in [-0.2, -0.15) is 0 Å². The molecule has 0 N–H and O–H groups in total. The summed E-state index contributed by atoms with van der Waals surface area (Å²) < 4.78 is 0. The third kappa shape index (κ3) is 1.28. The molecular formula is C14H20. The van der Waals surface area contributed by atoms with Crippen LogP contribution in [0, 0.1) is 13.8 Å². The molecule has 0 nitrogen and oxygen atoms in total.